The van der Waals surface area contributed by atoms with Crippen LogP contribution in [-0.4, -0.2) is 71.5 Å². The molecule has 1 unspecified atom stereocenters. The second kappa shape index (κ2) is 15.3. The number of ether oxygens (including phenoxy) is 1. The normalized spacial score (nSPS) is 14.3. The Morgan fingerprint density at radius 3 is 2.65 bits per heavy atom. The lowest BCUT2D eigenvalue weighted by molar-refractivity contribution is -0.134. The van der Waals surface area contributed by atoms with E-state index in [1.165, 1.54) is 6.08 Å². The van der Waals surface area contributed by atoms with E-state index in [0.29, 0.717) is 55.5 Å². The Hall–Kier alpha value is -6.01. The molecule has 6 rings (SSSR count). The van der Waals surface area contributed by atoms with E-state index in [9.17, 15) is 14.4 Å². The molecular weight excluding hydrogens is 644 g/mol. The number of anilines is 4. The first kappa shape index (κ1) is 34.8. The predicted molar refractivity (Wildman–Crippen MR) is 200 cm³/mol. The van der Waals surface area contributed by atoms with Crippen molar-refractivity contribution in [1.82, 2.24) is 24.8 Å². The molecule has 2 aromatic heterocycles. The standard InChI is InChI=1S/C39H42N8O4/c1-6-36(48)41-31-21-32(43-39-40-18-17-30(42-39)29-24-47(4)33-14-10-9-13-27(29)33)35(51-5)22-34(31)46(3)20-19-45(2)23-25-11-7-8-12-26(25)28-15-16-37(49)44-38(28)50/h6-14,17-18,21-22,24,28H,1,15-16,19-20,23H2,2-5H3,(H,41,48)(H,40,42,43)(H,44,49,50). The SMILES string of the molecule is C=CC(=O)Nc1cc(Nc2nccc(-c3cn(C)c4ccccc34)n2)c(OC)cc1N(C)CCN(C)Cc1ccccc1C1CCC(=O)NC1=O. The first-order valence-corrected chi connectivity index (χ1v) is 16.8. The Morgan fingerprint density at radius 2 is 1.86 bits per heavy atom. The number of likely N-dealkylation sites (N-methyl/N-ethyl adjacent to an activating group) is 2. The molecule has 0 spiro atoms. The summed E-state index contributed by atoms with van der Waals surface area (Å²) >= 11 is 0. The monoisotopic (exact) mass is 686 g/mol. The Morgan fingerprint density at radius 1 is 1.08 bits per heavy atom. The van der Waals surface area contributed by atoms with Crippen molar-refractivity contribution in [3.63, 3.8) is 0 Å². The molecule has 3 heterocycles. The first-order chi connectivity index (χ1) is 24.6. The molecule has 12 heteroatoms. The van der Waals surface area contributed by atoms with Crippen molar-refractivity contribution in [2.75, 3.05) is 49.8 Å². The molecule has 262 valence electrons. The van der Waals surface area contributed by atoms with Crippen LogP contribution >= 0.6 is 0 Å². The van der Waals surface area contributed by atoms with E-state index >= 15 is 0 Å². The number of methoxy groups -OCH3 is 1. The van der Waals surface area contributed by atoms with E-state index in [-0.39, 0.29) is 23.6 Å². The summed E-state index contributed by atoms with van der Waals surface area (Å²) in [6.07, 6.45) is 5.83. The van der Waals surface area contributed by atoms with Gasteiger partial charge >= 0.3 is 0 Å². The van der Waals surface area contributed by atoms with Gasteiger partial charge in [-0.2, -0.15) is 0 Å². The zero-order valence-electron chi connectivity index (χ0n) is 29.3. The molecule has 1 fully saturated rings. The third kappa shape index (κ3) is 7.76. The van der Waals surface area contributed by atoms with E-state index in [0.717, 1.165) is 39.0 Å². The second-order valence-electron chi connectivity index (χ2n) is 12.7. The smallest absolute Gasteiger partial charge is 0.247 e. The lowest BCUT2D eigenvalue weighted by atomic mass is 9.87. The summed E-state index contributed by atoms with van der Waals surface area (Å²) in [7, 11) is 7.58. The molecule has 5 aromatic rings. The maximum atomic E-state index is 12.6. The van der Waals surface area contributed by atoms with Crippen molar-refractivity contribution in [1.29, 1.82) is 0 Å². The molecule has 3 aromatic carbocycles. The average molecular weight is 687 g/mol. The van der Waals surface area contributed by atoms with Gasteiger partial charge in [-0.05, 0) is 48.9 Å². The number of amides is 3. The predicted octanol–water partition coefficient (Wildman–Crippen LogP) is 5.60. The van der Waals surface area contributed by atoms with Crippen LogP contribution in [0.3, 0.4) is 0 Å². The Labute approximate surface area is 297 Å². The molecule has 51 heavy (non-hydrogen) atoms. The minimum Gasteiger partial charge on any atom is -0.494 e. The van der Waals surface area contributed by atoms with Gasteiger partial charge in [-0.25, -0.2) is 9.97 Å². The van der Waals surface area contributed by atoms with Gasteiger partial charge in [-0.15, -0.1) is 0 Å². The highest BCUT2D eigenvalue weighted by Crippen LogP contribution is 2.38. The van der Waals surface area contributed by atoms with Crippen LogP contribution in [0.2, 0.25) is 0 Å². The molecule has 0 bridgehead atoms. The third-order valence-electron chi connectivity index (χ3n) is 9.17. The number of nitrogens with one attached hydrogen (secondary N) is 3. The molecule has 12 nitrogen and oxygen atoms in total. The topological polar surface area (TPSA) is 134 Å². The van der Waals surface area contributed by atoms with E-state index in [1.54, 1.807) is 19.4 Å². The van der Waals surface area contributed by atoms with Crippen LogP contribution in [-0.2, 0) is 28.0 Å². The Bertz CT molecular complexity index is 2110. The number of benzene rings is 3. The lowest BCUT2D eigenvalue weighted by Gasteiger charge is -2.28. The van der Waals surface area contributed by atoms with Gasteiger partial charge in [0.2, 0.25) is 23.7 Å². The number of rotatable bonds is 13. The molecule has 1 saturated heterocycles. The van der Waals surface area contributed by atoms with Crippen molar-refractivity contribution in [2.45, 2.75) is 25.3 Å². The van der Waals surface area contributed by atoms with Crippen molar-refractivity contribution >= 4 is 51.6 Å². The van der Waals surface area contributed by atoms with Gasteiger partial charge < -0.3 is 29.7 Å². The molecule has 0 aliphatic carbocycles. The minimum atomic E-state index is -0.350. The highest BCUT2D eigenvalue weighted by molar-refractivity contribution is 6.02. The molecule has 0 radical (unpaired) electrons. The Balaban J connectivity index is 1.20. The maximum absolute atomic E-state index is 12.6. The van der Waals surface area contributed by atoms with Gasteiger partial charge in [0, 0.05) is 75.1 Å². The number of para-hydroxylation sites is 1. The average Bonchev–Trinajstić information content (AvgIpc) is 3.47. The summed E-state index contributed by atoms with van der Waals surface area (Å²) in [4.78, 5) is 50.5. The van der Waals surface area contributed by atoms with Crippen LogP contribution in [0.15, 0.2) is 91.8 Å². The van der Waals surface area contributed by atoms with Gasteiger partial charge in [-0.3, -0.25) is 19.7 Å². The minimum absolute atomic E-state index is 0.225. The highest BCUT2D eigenvalue weighted by atomic mass is 16.5. The van der Waals surface area contributed by atoms with Crippen LogP contribution in [0.5, 0.6) is 5.75 Å². The summed E-state index contributed by atoms with van der Waals surface area (Å²) in [5.41, 5.74) is 6.72. The van der Waals surface area contributed by atoms with Gasteiger partial charge in [0.15, 0.2) is 0 Å². The van der Waals surface area contributed by atoms with Gasteiger partial charge in [0.1, 0.15) is 5.75 Å². The molecule has 1 aliphatic heterocycles. The zero-order valence-corrected chi connectivity index (χ0v) is 29.3. The van der Waals surface area contributed by atoms with Crippen LogP contribution in [0.1, 0.15) is 29.9 Å². The van der Waals surface area contributed by atoms with Crippen LogP contribution in [0.25, 0.3) is 22.2 Å². The zero-order chi connectivity index (χ0) is 36.1. The Kier molecular flexibility index (Phi) is 10.4. The summed E-state index contributed by atoms with van der Waals surface area (Å²) < 4.78 is 7.89. The number of aromatic nitrogens is 3. The van der Waals surface area contributed by atoms with Crippen LogP contribution in [0, 0.1) is 0 Å². The summed E-state index contributed by atoms with van der Waals surface area (Å²) in [5, 5.41) is 9.81. The molecule has 1 aliphatic rings. The van der Waals surface area contributed by atoms with Crippen LogP contribution in [0.4, 0.5) is 23.0 Å². The quantitative estimate of drug-likeness (QED) is 0.107. The van der Waals surface area contributed by atoms with E-state index < -0.39 is 0 Å². The molecular formula is C39H42N8O4. The van der Waals surface area contributed by atoms with Crippen molar-refractivity contribution in [2.24, 2.45) is 7.05 Å². The number of piperidine rings is 1. The molecule has 3 N–H and O–H groups in total. The van der Waals surface area contributed by atoms with Crippen molar-refractivity contribution < 1.29 is 19.1 Å². The number of hydrogen-bond acceptors (Lipinski definition) is 9. The number of nitrogens with zero attached hydrogens (tertiary/aromatic N) is 5. The van der Waals surface area contributed by atoms with Crippen LogP contribution < -0.4 is 25.6 Å². The highest BCUT2D eigenvalue weighted by Gasteiger charge is 2.29. The number of fused-ring (bicyclic) bond motifs is 1. The molecule has 0 saturated carbocycles. The second-order valence-corrected chi connectivity index (χ2v) is 12.7. The first-order valence-electron chi connectivity index (χ1n) is 16.8. The maximum Gasteiger partial charge on any atom is 0.247 e. The summed E-state index contributed by atoms with van der Waals surface area (Å²) in [6, 6.07) is 21.6. The number of carbonyl (C=O) groups is 3. The lowest BCUT2D eigenvalue weighted by Crippen LogP contribution is -2.40. The fourth-order valence-electron chi connectivity index (χ4n) is 6.49. The summed E-state index contributed by atoms with van der Waals surface area (Å²) in [5.74, 6) is -0.253. The fraction of sp³-hybridized carbons (Fsp3) is 0.256. The largest absolute Gasteiger partial charge is 0.494 e. The third-order valence-corrected chi connectivity index (χ3v) is 9.17. The van der Waals surface area contributed by atoms with Gasteiger partial charge in [-0.1, -0.05) is 49.0 Å². The van der Waals surface area contributed by atoms with E-state index in [1.807, 2.05) is 74.6 Å². The number of hydrogen-bond donors (Lipinski definition) is 3. The fourth-order valence-corrected chi connectivity index (χ4v) is 6.49. The van der Waals surface area contributed by atoms with E-state index in [2.05, 4.69) is 55.3 Å². The number of carbonyl (C=O) groups excluding carboxylic acids is 3. The van der Waals surface area contributed by atoms with E-state index in [4.69, 9.17) is 9.72 Å². The number of imide groups is 1. The molecule has 1 atom stereocenters. The summed E-state index contributed by atoms with van der Waals surface area (Å²) in [6.45, 7) is 5.53. The van der Waals surface area contributed by atoms with Crippen molar-refractivity contribution in [3.05, 3.63) is 103 Å². The number of aryl methyl sites for hydroxylation is 1. The van der Waals surface area contributed by atoms with Gasteiger partial charge in [0.05, 0.1) is 35.8 Å². The molecule has 3 amide bonds. The van der Waals surface area contributed by atoms with Gasteiger partial charge in [0.25, 0.3) is 0 Å². The van der Waals surface area contributed by atoms with Crippen molar-refractivity contribution in [3.8, 4) is 17.0 Å².